The minimum atomic E-state index is -0.693. The van der Waals surface area contributed by atoms with Gasteiger partial charge in [-0.2, -0.15) is 0 Å². The van der Waals surface area contributed by atoms with Crippen LogP contribution in [0.25, 0.3) is 0 Å². The minimum Gasteiger partial charge on any atom is -0.364 e. The predicted octanol–water partition coefficient (Wildman–Crippen LogP) is 6.89. The first kappa shape index (κ1) is 28.0. The van der Waals surface area contributed by atoms with Gasteiger partial charge in [0, 0.05) is 38.4 Å². The highest BCUT2D eigenvalue weighted by molar-refractivity contribution is 6.42. The van der Waals surface area contributed by atoms with Gasteiger partial charge in [-0.3, -0.25) is 9.59 Å². The molecule has 0 saturated carbocycles. The average Bonchev–Trinajstić information content (AvgIpc) is 2.96. The molecule has 0 aromatic heterocycles. The highest BCUT2D eigenvalue weighted by Gasteiger charge is 2.46. The molecule has 2 atom stereocenters. The maximum atomic E-state index is 13.5. The monoisotopic (exact) mass is 551 g/mol. The van der Waals surface area contributed by atoms with Crippen LogP contribution in [0.5, 0.6) is 0 Å². The summed E-state index contributed by atoms with van der Waals surface area (Å²) >= 11 is 12.7. The van der Waals surface area contributed by atoms with Crippen molar-refractivity contribution in [2.24, 2.45) is 0 Å². The summed E-state index contributed by atoms with van der Waals surface area (Å²) in [5, 5.41) is 3.90. The number of unbranched alkanes of at least 4 members (excludes halogenated alkanes) is 1. The van der Waals surface area contributed by atoms with Crippen LogP contribution in [0.1, 0.15) is 60.1 Å². The molecule has 1 saturated heterocycles. The Morgan fingerprint density at radius 1 is 1.03 bits per heavy atom. The molecule has 5 nitrogen and oxygen atoms in total. The summed E-state index contributed by atoms with van der Waals surface area (Å²) in [5.41, 5.74) is 2.95. The lowest BCUT2D eigenvalue weighted by Gasteiger charge is -2.47. The molecule has 1 heterocycles. The fraction of sp³-hybridized carbons (Fsp3) is 0.355. The zero-order valence-corrected chi connectivity index (χ0v) is 23.7. The van der Waals surface area contributed by atoms with E-state index in [0.29, 0.717) is 35.0 Å². The molecule has 2 amide bonds. The number of hydrogen-bond acceptors (Lipinski definition) is 3. The summed E-state index contributed by atoms with van der Waals surface area (Å²) in [7, 11) is 3.54. The van der Waals surface area contributed by atoms with Gasteiger partial charge < -0.3 is 15.1 Å². The smallest absolute Gasteiger partial charge is 0.253 e. The summed E-state index contributed by atoms with van der Waals surface area (Å²) in [6.07, 6.45) is 3.24. The Morgan fingerprint density at radius 3 is 2.37 bits per heavy atom. The molecule has 2 unspecified atom stereocenters. The number of piperidine rings is 1. The first-order valence-electron chi connectivity index (χ1n) is 13.2. The maximum Gasteiger partial charge on any atom is 0.253 e. The van der Waals surface area contributed by atoms with Crippen LogP contribution in [0.4, 0.5) is 5.69 Å². The average molecular weight is 553 g/mol. The Bertz CT molecular complexity index is 1270. The Balaban J connectivity index is 1.71. The lowest BCUT2D eigenvalue weighted by Crippen LogP contribution is -2.52. The Morgan fingerprint density at radius 2 is 1.74 bits per heavy atom. The lowest BCUT2D eigenvalue weighted by molar-refractivity contribution is -0.127. The number of anilines is 1. The summed E-state index contributed by atoms with van der Waals surface area (Å²) in [6, 6.07) is 23.3. The number of rotatable bonds is 8. The summed E-state index contributed by atoms with van der Waals surface area (Å²) in [5.74, 6) is 0.0249. The second-order valence-electron chi connectivity index (χ2n) is 9.99. The topological polar surface area (TPSA) is 52.7 Å². The van der Waals surface area contributed by atoms with Crippen LogP contribution in [-0.4, -0.2) is 43.9 Å². The van der Waals surface area contributed by atoms with Gasteiger partial charge in [-0.05, 0) is 66.8 Å². The van der Waals surface area contributed by atoms with E-state index in [1.54, 1.807) is 11.9 Å². The second kappa shape index (κ2) is 12.2. The number of amides is 2. The summed E-state index contributed by atoms with van der Waals surface area (Å²) < 4.78 is 0. The molecule has 0 aliphatic carbocycles. The van der Waals surface area contributed by atoms with Gasteiger partial charge in [0.15, 0.2) is 0 Å². The highest BCUT2D eigenvalue weighted by atomic mass is 35.5. The fourth-order valence-electron chi connectivity index (χ4n) is 5.44. The van der Waals surface area contributed by atoms with Gasteiger partial charge in [0.1, 0.15) is 0 Å². The van der Waals surface area contributed by atoms with Crippen molar-refractivity contribution >= 4 is 40.7 Å². The number of carbonyl (C=O) groups excluding carboxylic acids is 2. The molecule has 200 valence electrons. The van der Waals surface area contributed by atoms with E-state index in [4.69, 9.17) is 23.2 Å². The summed E-state index contributed by atoms with van der Waals surface area (Å²) in [4.78, 5) is 30.4. The molecule has 0 radical (unpaired) electrons. The van der Waals surface area contributed by atoms with Crippen molar-refractivity contribution in [2.75, 3.05) is 32.1 Å². The van der Waals surface area contributed by atoms with Crippen LogP contribution in [-0.2, 0) is 10.2 Å². The summed E-state index contributed by atoms with van der Waals surface area (Å²) in [6.45, 7) is 3.51. The third-order valence-electron chi connectivity index (χ3n) is 7.65. The van der Waals surface area contributed by atoms with Crippen molar-refractivity contribution in [2.45, 2.75) is 44.1 Å². The van der Waals surface area contributed by atoms with Crippen LogP contribution in [0.2, 0.25) is 10.0 Å². The fourth-order valence-corrected chi connectivity index (χ4v) is 5.75. The van der Waals surface area contributed by atoms with Gasteiger partial charge in [-0.1, -0.05) is 72.9 Å². The zero-order chi connectivity index (χ0) is 27.3. The molecule has 1 aliphatic rings. The third-order valence-corrected chi connectivity index (χ3v) is 8.39. The molecule has 1 fully saturated rings. The van der Waals surface area contributed by atoms with E-state index in [-0.39, 0.29) is 17.9 Å². The van der Waals surface area contributed by atoms with Crippen LogP contribution < -0.4 is 10.2 Å². The zero-order valence-electron chi connectivity index (χ0n) is 22.2. The first-order valence-corrected chi connectivity index (χ1v) is 13.9. The van der Waals surface area contributed by atoms with Gasteiger partial charge in [-0.25, -0.2) is 0 Å². The molecule has 1 N–H and O–H groups in total. The molecule has 3 aromatic rings. The van der Waals surface area contributed by atoms with Crippen LogP contribution in [0.3, 0.4) is 0 Å². The van der Waals surface area contributed by atoms with Crippen molar-refractivity contribution in [3.05, 3.63) is 99.5 Å². The number of hydrogen-bond donors (Lipinski definition) is 1. The Kier molecular flexibility index (Phi) is 9.01. The number of carbonyl (C=O) groups is 2. The number of nitrogens with one attached hydrogen (secondary N) is 1. The molecule has 1 aliphatic heterocycles. The molecule has 7 heteroatoms. The van der Waals surface area contributed by atoms with Gasteiger partial charge in [0.05, 0.1) is 21.5 Å². The van der Waals surface area contributed by atoms with Crippen molar-refractivity contribution in [1.82, 2.24) is 10.2 Å². The minimum absolute atomic E-state index is 0.00414. The number of nitrogens with zero attached hydrogens (tertiary/aromatic N) is 2. The molecule has 3 aromatic carbocycles. The van der Waals surface area contributed by atoms with Gasteiger partial charge in [0.25, 0.3) is 5.91 Å². The van der Waals surface area contributed by atoms with Crippen LogP contribution in [0, 0.1) is 0 Å². The van der Waals surface area contributed by atoms with Crippen molar-refractivity contribution < 1.29 is 9.59 Å². The number of benzene rings is 3. The van der Waals surface area contributed by atoms with Crippen molar-refractivity contribution in [3.8, 4) is 0 Å². The Hall–Kier alpha value is -3.02. The second-order valence-corrected chi connectivity index (χ2v) is 10.8. The van der Waals surface area contributed by atoms with Crippen LogP contribution in [0.15, 0.2) is 72.8 Å². The number of likely N-dealkylation sites (N-methyl/N-ethyl adjacent to an activating group) is 1. The third kappa shape index (κ3) is 5.69. The SMILES string of the molecule is CCCCN(C)C(=O)c1ccc(N2CCC(C(=O)NC)(c3ccccc3)CC2c2ccc(Cl)c(Cl)c2)cc1. The largest absolute Gasteiger partial charge is 0.364 e. The van der Waals surface area contributed by atoms with E-state index in [2.05, 4.69) is 17.1 Å². The van der Waals surface area contributed by atoms with E-state index < -0.39 is 5.41 Å². The molecular weight excluding hydrogens is 517 g/mol. The Labute approximate surface area is 235 Å². The quantitative estimate of drug-likeness (QED) is 0.331. The van der Waals surface area contributed by atoms with E-state index in [9.17, 15) is 9.59 Å². The molecule has 38 heavy (non-hydrogen) atoms. The molecule has 0 spiro atoms. The molecular formula is C31H35Cl2N3O2. The molecule has 4 rings (SSSR count). The predicted molar refractivity (Wildman–Crippen MR) is 156 cm³/mol. The van der Waals surface area contributed by atoms with E-state index in [1.807, 2.05) is 79.8 Å². The standard InChI is InChI=1S/C31H35Cl2N3O2/c1-4-5-18-35(3)29(37)22-11-14-25(15-12-22)36-19-17-31(30(38)34-2,24-9-7-6-8-10-24)21-28(36)23-13-16-26(32)27(33)20-23/h6-16,20,28H,4-5,17-19,21H2,1-3H3,(H,34,38). The lowest BCUT2D eigenvalue weighted by atomic mass is 9.68. The maximum absolute atomic E-state index is 13.5. The molecule has 0 bridgehead atoms. The number of halogens is 2. The van der Waals surface area contributed by atoms with E-state index in [1.165, 1.54) is 0 Å². The van der Waals surface area contributed by atoms with E-state index >= 15 is 0 Å². The highest BCUT2D eigenvalue weighted by Crippen LogP contribution is 2.46. The van der Waals surface area contributed by atoms with Gasteiger partial charge in [-0.15, -0.1) is 0 Å². The van der Waals surface area contributed by atoms with Crippen molar-refractivity contribution in [3.63, 3.8) is 0 Å². The van der Waals surface area contributed by atoms with Crippen LogP contribution >= 0.6 is 23.2 Å². The van der Waals surface area contributed by atoms with Crippen molar-refractivity contribution in [1.29, 1.82) is 0 Å². The van der Waals surface area contributed by atoms with Gasteiger partial charge >= 0.3 is 0 Å². The van der Waals surface area contributed by atoms with E-state index in [0.717, 1.165) is 36.2 Å². The normalized spacial score (nSPS) is 19.2. The first-order chi connectivity index (χ1) is 18.3. The van der Waals surface area contributed by atoms with Gasteiger partial charge in [0.2, 0.25) is 5.91 Å².